The van der Waals surface area contributed by atoms with Crippen molar-refractivity contribution in [1.29, 1.82) is 0 Å². The molecule has 0 amide bonds. The molecule has 3 rings (SSSR count). The van der Waals surface area contributed by atoms with Gasteiger partial charge in [0, 0.05) is 17.9 Å². The largest absolute Gasteiger partial charge is 0.478 e. The second-order valence-electron chi connectivity index (χ2n) is 8.53. The Kier molecular flexibility index (Phi) is 7.16. The molecule has 0 saturated carbocycles. The van der Waals surface area contributed by atoms with Gasteiger partial charge in [-0.05, 0) is 48.4 Å². The summed E-state index contributed by atoms with van der Waals surface area (Å²) in [7, 11) is 0. The van der Waals surface area contributed by atoms with Crippen LogP contribution in [0.2, 0.25) is 0 Å². The Morgan fingerprint density at radius 1 is 1.03 bits per heavy atom. The van der Waals surface area contributed by atoms with Gasteiger partial charge in [-0.2, -0.15) is 0 Å². The van der Waals surface area contributed by atoms with Crippen molar-refractivity contribution in [3.8, 4) is 11.1 Å². The van der Waals surface area contributed by atoms with E-state index in [1.807, 2.05) is 45.5 Å². The molecular formula is C26H32N2O3. The molecule has 0 saturated heterocycles. The van der Waals surface area contributed by atoms with E-state index in [0.717, 1.165) is 48.3 Å². The third kappa shape index (κ3) is 4.98. The number of benzene rings is 2. The van der Waals surface area contributed by atoms with Gasteiger partial charge < -0.3 is 5.11 Å². The third-order valence-electron chi connectivity index (χ3n) is 5.79. The zero-order valence-corrected chi connectivity index (χ0v) is 18.9. The van der Waals surface area contributed by atoms with Gasteiger partial charge >= 0.3 is 11.7 Å². The summed E-state index contributed by atoms with van der Waals surface area (Å²) in [6.07, 6.45) is 2.84. The predicted octanol–water partition coefficient (Wildman–Crippen LogP) is 5.37. The molecule has 0 fully saturated rings. The van der Waals surface area contributed by atoms with Crippen molar-refractivity contribution in [3.05, 3.63) is 81.5 Å². The molecule has 3 aromatic rings. The lowest BCUT2D eigenvalue weighted by molar-refractivity contribution is 0.0697. The molecular weight excluding hydrogens is 388 g/mol. The zero-order chi connectivity index (χ0) is 22.5. The first-order chi connectivity index (χ1) is 14.8. The van der Waals surface area contributed by atoms with E-state index >= 15 is 0 Å². The number of carboxylic acid groups (broad SMARTS) is 1. The molecule has 0 bridgehead atoms. The zero-order valence-electron chi connectivity index (χ0n) is 18.9. The Morgan fingerprint density at radius 2 is 1.71 bits per heavy atom. The van der Waals surface area contributed by atoms with E-state index in [-0.39, 0.29) is 11.3 Å². The summed E-state index contributed by atoms with van der Waals surface area (Å²) < 4.78 is 3.82. The summed E-state index contributed by atoms with van der Waals surface area (Å²) in [5.41, 5.74) is 5.10. The highest BCUT2D eigenvalue weighted by atomic mass is 16.4. The van der Waals surface area contributed by atoms with Gasteiger partial charge in [0.2, 0.25) is 0 Å². The third-order valence-corrected chi connectivity index (χ3v) is 5.79. The molecule has 1 aromatic heterocycles. The van der Waals surface area contributed by atoms with E-state index in [1.165, 1.54) is 0 Å². The smallest absolute Gasteiger partial charge is 0.336 e. The maximum Gasteiger partial charge on any atom is 0.336 e. The molecule has 5 heteroatoms. The van der Waals surface area contributed by atoms with Crippen molar-refractivity contribution in [3.63, 3.8) is 0 Å². The fourth-order valence-corrected chi connectivity index (χ4v) is 4.02. The van der Waals surface area contributed by atoms with Crippen LogP contribution >= 0.6 is 0 Å². The molecule has 0 unspecified atom stereocenters. The van der Waals surface area contributed by atoms with Crippen molar-refractivity contribution in [1.82, 2.24) is 9.13 Å². The topological polar surface area (TPSA) is 64.2 Å². The minimum absolute atomic E-state index is 0.0573. The second kappa shape index (κ2) is 9.82. The van der Waals surface area contributed by atoms with E-state index in [0.29, 0.717) is 18.0 Å². The molecule has 2 aromatic carbocycles. The number of rotatable bonds is 9. The number of imidazole rings is 1. The number of carbonyl (C=O) groups is 1. The standard InChI is InChI=1S/C26H32N2O3/c1-5-8-24-19(4)27(16-15-18(2)3)26(31)28(24)17-20-11-13-21(14-12-20)22-9-6-7-10-23(22)25(29)30/h6-7,9-14,18H,5,8,15-17H2,1-4H3,(H,29,30). The lowest BCUT2D eigenvalue weighted by atomic mass is 9.99. The first-order valence-electron chi connectivity index (χ1n) is 11.0. The number of aromatic nitrogens is 2. The monoisotopic (exact) mass is 420 g/mol. The maximum absolute atomic E-state index is 13.2. The molecule has 0 radical (unpaired) electrons. The number of aromatic carboxylic acids is 1. The van der Waals surface area contributed by atoms with Crippen molar-refractivity contribution in [2.45, 2.75) is 60.0 Å². The summed E-state index contributed by atoms with van der Waals surface area (Å²) in [4.78, 5) is 24.7. The van der Waals surface area contributed by atoms with Crippen LogP contribution in [0.3, 0.4) is 0 Å². The predicted molar refractivity (Wildman–Crippen MR) is 125 cm³/mol. The quantitative estimate of drug-likeness (QED) is 0.506. The van der Waals surface area contributed by atoms with Gasteiger partial charge in [-0.15, -0.1) is 0 Å². The Balaban J connectivity index is 1.92. The molecule has 31 heavy (non-hydrogen) atoms. The van der Waals surface area contributed by atoms with Crippen LogP contribution in [0.4, 0.5) is 0 Å². The van der Waals surface area contributed by atoms with E-state index in [1.54, 1.807) is 12.1 Å². The lowest BCUT2D eigenvalue weighted by Gasteiger charge is -2.10. The number of nitrogens with zero attached hydrogens (tertiary/aromatic N) is 2. The summed E-state index contributed by atoms with van der Waals surface area (Å²) in [6, 6.07) is 14.8. The lowest BCUT2D eigenvalue weighted by Crippen LogP contribution is -2.26. The first-order valence-corrected chi connectivity index (χ1v) is 11.0. The van der Waals surface area contributed by atoms with E-state index < -0.39 is 5.97 Å². The van der Waals surface area contributed by atoms with Gasteiger partial charge in [0.05, 0.1) is 12.1 Å². The molecule has 0 spiro atoms. The summed E-state index contributed by atoms with van der Waals surface area (Å²) >= 11 is 0. The maximum atomic E-state index is 13.2. The minimum Gasteiger partial charge on any atom is -0.478 e. The van der Waals surface area contributed by atoms with Crippen molar-refractivity contribution in [2.75, 3.05) is 0 Å². The van der Waals surface area contributed by atoms with Gasteiger partial charge in [-0.1, -0.05) is 69.7 Å². The Morgan fingerprint density at radius 3 is 2.32 bits per heavy atom. The first kappa shape index (κ1) is 22.6. The van der Waals surface area contributed by atoms with Crippen LogP contribution in [-0.4, -0.2) is 20.2 Å². The normalized spacial score (nSPS) is 11.3. The Bertz CT molecular complexity index is 1100. The summed E-state index contributed by atoms with van der Waals surface area (Å²) in [6.45, 7) is 9.80. The van der Waals surface area contributed by atoms with Crippen LogP contribution in [0.15, 0.2) is 53.3 Å². The average molecular weight is 421 g/mol. The highest BCUT2D eigenvalue weighted by Gasteiger charge is 2.17. The van der Waals surface area contributed by atoms with Gasteiger partial charge in [0.25, 0.3) is 0 Å². The van der Waals surface area contributed by atoms with E-state index in [2.05, 4.69) is 27.7 Å². The van der Waals surface area contributed by atoms with Crippen LogP contribution in [0.5, 0.6) is 0 Å². The number of carboxylic acids is 1. The molecule has 0 aliphatic heterocycles. The van der Waals surface area contributed by atoms with Crippen LogP contribution in [0.25, 0.3) is 11.1 Å². The summed E-state index contributed by atoms with van der Waals surface area (Å²) in [5.74, 6) is -0.390. The van der Waals surface area contributed by atoms with Gasteiger partial charge in [-0.3, -0.25) is 9.13 Å². The van der Waals surface area contributed by atoms with Gasteiger partial charge in [-0.25, -0.2) is 9.59 Å². The van der Waals surface area contributed by atoms with Crippen molar-refractivity contribution < 1.29 is 9.90 Å². The fraction of sp³-hybridized carbons (Fsp3) is 0.385. The molecule has 5 nitrogen and oxygen atoms in total. The molecule has 0 atom stereocenters. The van der Waals surface area contributed by atoms with Crippen LogP contribution in [0.1, 0.15) is 60.9 Å². The molecule has 0 aliphatic rings. The Labute approximate surface area is 184 Å². The molecule has 1 heterocycles. The second-order valence-corrected chi connectivity index (χ2v) is 8.53. The number of hydrogen-bond donors (Lipinski definition) is 1. The Hall–Kier alpha value is -3.08. The van der Waals surface area contributed by atoms with Crippen LogP contribution in [0, 0.1) is 12.8 Å². The van der Waals surface area contributed by atoms with E-state index in [4.69, 9.17) is 0 Å². The molecule has 1 N–H and O–H groups in total. The van der Waals surface area contributed by atoms with E-state index in [9.17, 15) is 14.7 Å². The van der Waals surface area contributed by atoms with Gasteiger partial charge in [0.15, 0.2) is 0 Å². The average Bonchev–Trinajstić information content (AvgIpc) is 2.97. The molecule has 164 valence electrons. The SMILES string of the molecule is CCCc1c(C)n(CCC(C)C)c(=O)n1Cc1ccc(-c2ccccc2C(=O)O)cc1. The van der Waals surface area contributed by atoms with Crippen molar-refractivity contribution >= 4 is 5.97 Å². The summed E-state index contributed by atoms with van der Waals surface area (Å²) in [5, 5.41) is 9.45. The highest BCUT2D eigenvalue weighted by Crippen LogP contribution is 2.24. The van der Waals surface area contributed by atoms with Crippen LogP contribution in [-0.2, 0) is 19.5 Å². The number of hydrogen-bond acceptors (Lipinski definition) is 2. The highest BCUT2D eigenvalue weighted by molar-refractivity contribution is 5.95. The van der Waals surface area contributed by atoms with Crippen molar-refractivity contribution in [2.24, 2.45) is 5.92 Å². The fourth-order valence-electron chi connectivity index (χ4n) is 4.02. The minimum atomic E-state index is -0.936. The molecule has 0 aliphatic carbocycles. The van der Waals surface area contributed by atoms with Crippen LogP contribution < -0.4 is 5.69 Å². The van der Waals surface area contributed by atoms with Gasteiger partial charge in [0.1, 0.15) is 0 Å².